The molecule has 7 nitrogen and oxygen atoms in total. The van der Waals surface area contributed by atoms with Crippen molar-refractivity contribution in [2.75, 3.05) is 20.2 Å². The van der Waals surface area contributed by atoms with Crippen LogP contribution in [0.5, 0.6) is 11.5 Å². The van der Waals surface area contributed by atoms with Crippen molar-refractivity contribution in [2.45, 2.75) is 45.9 Å². The molecular weight excluding hydrogens is 322 g/mol. The highest BCUT2D eigenvalue weighted by Gasteiger charge is 2.30. The van der Waals surface area contributed by atoms with E-state index in [0.29, 0.717) is 24.6 Å². The number of amides is 3. The number of hydrogen-bond acceptors (Lipinski definition) is 4. The molecule has 1 fully saturated rings. The largest absolute Gasteiger partial charge is 0.493 e. The van der Waals surface area contributed by atoms with E-state index in [1.807, 2.05) is 39.0 Å². The summed E-state index contributed by atoms with van der Waals surface area (Å²) in [6.07, 6.45) is 0.0450. The Morgan fingerprint density at radius 2 is 2.04 bits per heavy atom. The molecular formula is C18H27N3O4. The molecule has 25 heavy (non-hydrogen) atoms. The fourth-order valence-electron chi connectivity index (χ4n) is 2.72. The molecule has 2 N–H and O–H groups in total. The summed E-state index contributed by atoms with van der Waals surface area (Å²) in [5.41, 5.74) is 0.899. The summed E-state index contributed by atoms with van der Waals surface area (Å²) in [5, 5.41) is 5.69. The van der Waals surface area contributed by atoms with Gasteiger partial charge in [-0.05, 0) is 45.4 Å². The van der Waals surface area contributed by atoms with Gasteiger partial charge in [0, 0.05) is 13.1 Å². The van der Waals surface area contributed by atoms with Crippen molar-refractivity contribution in [1.29, 1.82) is 0 Å². The highest BCUT2D eigenvalue weighted by atomic mass is 16.5. The lowest BCUT2D eigenvalue weighted by molar-refractivity contribution is -0.126. The molecule has 0 spiro atoms. The molecule has 1 heterocycles. The van der Waals surface area contributed by atoms with Crippen molar-refractivity contribution in [3.63, 3.8) is 0 Å². The number of ether oxygens (including phenoxy) is 2. The number of benzene rings is 1. The van der Waals surface area contributed by atoms with Gasteiger partial charge in [0.2, 0.25) is 5.91 Å². The molecule has 1 saturated heterocycles. The number of nitrogens with zero attached hydrogens (tertiary/aromatic N) is 1. The first-order valence-corrected chi connectivity index (χ1v) is 8.53. The highest BCUT2D eigenvalue weighted by Crippen LogP contribution is 2.31. The molecule has 3 amide bonds. The first-order valence-electron chi connectivity index (χ1n) is 8.53. The zero-order valence-corrected chi connectivity index (χ0v) is 15.5. The van der Waals surface area contributed by atoms with Crippen molar-refractivity contribution in [3.05, 3.63) is 23.8 Å². The number of nitrogens with one attached hydrogen (secondary N) is 2. The van der Waals surface area contributed by atoms with E-state index in [2.05, 4.69) is 10.6 Å². The fraction of sp³-hybridized carbons (Fsp3) is 0.556. The van der Waals surface area contributed by atoms with Gasteiger partial charge in [0.15, 0.2) is 11.5 Å². The Hall–Kier alpha value is -2.44. The SMILES string of the molecule is COc1cc([C@H](C)NC(=O)N2CCNC(=O)[C@@H]2C)ccc1OC(C)C. The first-order chi connectivity index (χ1) is 11.8. The van der Waals surface area contributed by atoms with Crippen molar-refractivity contribution >= 4 is 11.9 Å². The molecule has 0 aliphatic carbocycles. The number of rotatable bonds is 5. The molecule has 0 aromatic heterocycles. The molecule has 1 aliphatic heterocycles. The van der Waals surface area contributed by atoms with Crippen LogP contribution >= 0.6 is 0 Å². The molecule has 1 aromatic rings. The number of carbonyl (C=O) groups excluding carboxylic acids is 2. The van der Waals surface area contributed by atoms with E-state index >= 15 is 0 Å². The quantitative estimate of drug-likeness (QED) is 0.853. The van der Waals surface area contributed by atoms with Crippen LogP contribution in [0.2, 0.25) is 0 Å². The van der Waals surface area contributed by atoms with Crippen LogP contribution in [0.3, 0.4) is 0 Å². The topological polar surface area (TPSA) is 79.9 Å². The van der Waals surface area contributed by atoms with E-state index in [0.717, 1.165) is 5.56 Å². The molecule has 1 aromatic carbocycles. The summed E-state index contributed by atoms with van der Waals surface area (Å²) in [5.74, 6) is 1.16. The Bertz CT molecular complexity index is 633. The molecule has 1 aliphatic rings. The Morgan fingerprint density at radius 3 is 2.68 bits per heavy atom. The van der Waals surface area contributed by atoms with Crippen LogP contribution in [0.15, 0.2) is 18.2 Å². The maximum atomic E-state index is 12.5. The van der Waals surface area contributed by atoms with Crippen molar-refractivity contribution in [2.24, 2.45) is 0 Å². The molecule has 2 rings (SSSR count). The maximum Gasteiger partial charge on any atom is 0.318 e. The van der Waals surface area contributed by atoms with E-state index in [1.54, 1.807) is 18.9 Å². The number of carbonyl (C=O) groups is 2. The molecule has 138 valence electrons. The minimum atomic E-state index is -0.475. The van der Waals surface area contributed by atoms with Gasteiger partial charge in [-0.2, -0.15) is 0 Å². The van der Waals surface area contributed by atoms with E-state index < -0.39 is 6.04 Å². The van der Waals surface area contributed by atoms with Gasteiger partial charge >= 0.3 is 6.03 Å². The van der Waals surface area contributed by atoms with E-state index in [9.17, 15) is 9.59 Å². The standard InChI is InChI=1S/C18H27N3O4/c1-11(2)25-15-7-6-14(10-16(15)24-5)12(3)20-18(23)21-9-8-19-17(22)13(21)4/h6-7,10-13H,8-9H2,1-5H3,(H,19,22)(H,20,23)/t12-,13-/m0/s1. The van der Waals surface area contributed by atoms with Gasteiger partial charge in [-0.25, -0.2) is 4.79 Å². The van der Waals surface area contributed by atoms with Gasteiger partial charge in [0.1, 0.15) is 6.04 Å². The summed E-state index contributed by atoms with van der Waals surface area (Å²) in [6.45, 7) is 8.48. The summed E-state index contributed by atoms with van der Waals surface area (Å²) >= 11 is 0. The molecule has 0 bridgehead atoms. The van der Waals surface area contributed by atoms with Gasteiger partial charge < -0.3 is 25.0 Å². The smallest absolute Gasteiger partial charge is 0.318 e. The average molecular weight is 349 g/mol. The van der Waals surface area contributed by atoms with Crippen molar-refractivity contribution in [3.8, 4) is 11.5 Å². The third-order valence-electron chi connectivity index (χ3n) is 4.15. The average Bonchev–Trinajstić information content (AvgIpc) is 2.56. The minimum absolute atomic E-state index is 0.0450. The predicted molar refractivity (Wildman–Crippen MR) is 94.9 cm³/mol. The second-order valence-corrected chi connectivity index (χ2v) is 6.41. The van der Waals surface area contributed by atoms with Gasteiger partial charge in [-0.15, -0.1) is 0 Å². The van der Waals surface area contributed by atoms with Crippen LogP contribution in [0, 0.1) is 0 Å². The first kappa shape index (κ1) is 18.9. The van der Waals surface area contributed by atoms with Gasteiger partial charge in [-0.1, -0.05) is 6.07 Å². The zero-order chi connectivity index (χ0) is 18.6. The Morgan fingerprint density at radius 1 is 1.32 bits per heavy atom. The van der Waals surface area contributed by atoms with Crippen LogP contribution in [0.25, 0.3) is 0 Å². The van der Waals surface area contributed by atoms with Crippen LogP contribution < -0.4 is 20.1 Å². The normalized spacial score (nSPS) is 18.6. The molecule has 0 saturated carbocycles. The van der Waals surface area contributed by atoms with E-state index in [1.165, 1.54) is 0 Å². The number of piperazine rings is 1. The summed E-state index contributed by atoms with van der Waals surface area (Å²) in [6, 6.07) is 4.64. The Labute approximate surface area is 148 Å². The summed E-state index contributed by atoms with van der Waals surface area (Å²) < 4.78 is 11.1. The number of urea groups is 1. The minimum Gasteiger partial charge on any atom is -0.493 e. The van der Waals surface area contributed by atoms with Crippen LogP contribution in [0.1, 0.15) is 39.3 Å². The zero-order valence-electron chi connectivity index (χ0n) is 15.5. The third-order valence-corrected chi connectivity index (χ3v) is 4.15. The lowest BCUT2D eigenvalue weighted by atomic mass is 10.1. The van der Waals surface area contributed by atoms with Crippen molar-refractivity contribution < 1.29 is 19.1 Å². The predicted octanol–water partition coefficient (Wildman–Crippen LogP) is 2.07. The molecule has 0 unspecified atom stereocenters. The number of methoxy groups -OCH3 is 1. The van der Waals surface area contributed by atoms with E-state index in [4.69, 9.17) is 9.47 Å². The monoisotopic (exact) mass is 349 g/mol. The van der Waals surface area contributed by atoms with Gasteiger partial charge in [0.05, 0.1) is 19.3 Å². The molecule has 2 atom stereocenters. The van der Waals surface area contributed by atoms with Gasteiger partial charge in [-0.3, -0.25) is 4.79 Å². The lowest BCUT2D eigenvalue weighted by Gasteiger charge is -2.33. The number of hydrogen-bond donors (Lipinski definition) is 2. The third kappa shape index (κ3) is 4.55. The maximum absolute atomic E-state index is 12.5. The molecule has 7 heteroatoms. The van der Waals surface area contributed by atoms with Gasteiger partial charge in [0.25, 0.3) is 0 Å². The summed E-state index contributed by atoms with van der Waals surface area (Å²) in [4.78, 5) is 25.7. The Kier molecular flexibility index (Phi) is 6.12. The fourth-order valence-corrected chi connectivity index (χ4v) is 2.72. The van der Waals surface area contributed by atoms with Crippen LogP contribution in [-0.2, 0) is 4.79 Å². The second-order valence-electron chi connectivity index (χ2n) is 6.41. The highest BCUT2D eigenvalue weighted by molar-refractivity contribution is 5.88. The van der Waals surface area contributed by atoms with E-state index in [-0.39, 0.29) is 24.1 Å². The van der Waals surface area contributed by atoms with Crippen LogP contribution in [0.4, 0.5) is 4.79 Å². The second kappa shape index (κ2) is 8.09. The van der Waals surface area contributed by atoms with Crippen LogP contribution in [-0.4, -0.2) is 49.2 Å². The Balaban J connectivity index is 2.08. The van der Waals surface area contributed by atoms with Crippen molar-refractivity contribution in [1.82, 2.24) is 15.5 Å². The lowest BCUT2D eigenvalue weighted by Crippen LogP contribution is -2.58. The summed E-state index contributed by atoms with van der Waals surface area (Å²) in [7, 11) is 1.59. The molecule has 0 radical (unpaired) electrons.